The van der Waals surface area contributed by atoms with Crippen molar-refractivity contribution in [3.63, 3.8) is 0 Å². The van der Waals surface area contributed by atoms with E-state index in [0.717, 1.165) is 5.39 Å². The fourth-order valence-electron chi connectivity index (χ4n) is 3.14. The molecule has 0 radical (unpaired) electrons. The van der Waals surface area contributed by atoms with Crippen molar-refractivity contribution in [2.75, 3.05) is 11.4 Å². The Labute approximate surface area is 169 Å². The molecule has 0 spiro atoms. The molecule has 0 saturated carbocycles. The quantitative estimate of drug-likeness (QED) is 0.607. The van der Waals surface area contributed by atoms with E-state index in [2.05, 4.69) is 5.92 Å². The third-order valence-corrected chi connectivity index (χ3v) is 4.83. The number of hydrogen-bond donors (Lipinski definition) is 0. The van der Waals surface area contributed by atoms with Gasteiger partial charge in [0.2, 0.25) is 0 Å². The van der Waals surface area contributed by atoms with Crippen molar-refractivity contribution in [1.82, 2.24) is 4.57 Å². The number of hydrogen-bond acceptors (Lipinski definition) is 2. The van der Waals surface area contributed by atoms with E-state index in [9.17, 15) is 9.59 Å². The van der Waals surface area contributed by atoms with Gasteiger partial charge in [-0.15, -0.1) is 6.42 Å². The Hall–Kier alpha value is -3.03. The summed E-state index contributed by atoms with van der Waals surface area (Å²) in [4.78, 5) is 28.1. The number of benzene rings is 2. The molecular weight excluding hydrogens is 372 g/mol. The number of fused-ring (bicyclic) bond motifs is 1. The summed E-state index contributed by atoms with van der Waals surface area (Å²) in [5, 5.41) is 1.83. The van der Waals surface area contributed by atoms with Gasteiger partial charge < -0.3 is 4.57 Å². The zero-order valence-corrected chi connectivity index (χ0v) is 16.8. The Morgan fingerprint density at radius 1 is 1.14 bits per heavy atom. The lowest BCUT2D eigenvalue weighted by Crippen LogP contribution is -2.41. The molecule has 28 heavy (non-hydrogen) atoms. The first-order chi connectivity index (χ1) is 13.3. The number of anilines is 1. The highest BCUT2D eigenvalue weighted by Gasteiger charge is 2.27. The molecule has 2 aromatic carbocycles. The predicted molar refractivity (Wildman–Crippen MR) is 115 cm³/mol. The minimum atomic E-state index is -0.467. The minimum absolute atomic E-state index is 0.0442. The van der Waals surface area contributed by atoms with Crippen LogP contribution in [0.5, 0.6) is 0 Å². The standard InChI is InChI=1S/C23H21ClN2O2/c1-5-14-25(21(27)18-12-8-9-13-19(18)24)20-17-11-7-6-10-16(17)15-26(22(20)28)23(2,3)4/h1,6-13,15H,14H2,2-4H3. The summed E-state index contributed by atoms with van der Waals surface area (Å²) < 4.78 is 1.63. The Kier molecular flexibility index (Phi) is 5.31. The summed E-state index contributed by atoms with van der Waals surface area (Å²) in [6.07, 6.45) is 7.37. The van der Waals surface area contributed by atoms with Crippen LogP contribution in [0.1, 0.15) is 31.1 Å². The molecule has 0 fully saturated rings. The Bertz CT molecular complexity index is 1150. The van der Waals surface area contributed by atoms with Crippen molar-refractivity contribution in [3.05, 3.63) is 75.7 Å². The molecule has 0 atom stereocenters. The molecule has 0 N–H and O–H groups in total. The van der Waals surface area contributed by atoms with Gasteiger partial charge in [-0.25, -0.2) is 0 Å². The maximum atomic E-state index is 13.4. The molecule has 1 amide bonds. The number of pyridine rings is 1. The lowest BCUT2D eigenvalue weighted by molar-refractivity contribution is 0.0990. The van der Waals surface area contributed by atoms with Gasteiger partial charge in [-0.1, -0.05) is 53.9 Å². The lowest BCUT2D eigenvalue weighted by atomic mass is 10.0. The molecule has 1 heterocycles. The van der Waals surface area contributed by atoms with Crippen LogP contribution < -0.4 is 10.5 Å². The topological polar surface area (TPSA) is 42.3 Å². The first-order valence-corrected chi connectivity index (χ1v) is 9.28. The lowest BCUT2D eigenvalue weighted by Gasteiger charge is -2.28. The van der Waals surface area contributed by atoms with Gasteiger partial charge in [-0.05, 0) is 32.9 Å². The van der Waals surface area contributed by atoms with E-state index >= 15 is 0 Å². The molecule has 0 unspecified atom stereocenters. The second-order valence-corrected chi connectivity index (χ2v) is 7.89. The van der Waals surface area contributed by atoms with E-state index in [1.165, 1.54) is 4.90 Å². The van der Waals surface area contributed by atoms with Gasteiger partial charge in [0.1, 0.15) is 5.69 Å². The van der Waals surface area contributed by atoms with E-state index in [0.29, 0.717) is 16.0 Å². The molecule has 4 nitrogen and oxygen atoms in total. The Morgan fingerprint density at radius 3 is 2.43 bits per heavy atom. The van der Waals surface area contributed by atoms with Crippen molar-refractivity contribution < 1.29 is 4.79 Å². The molecule has 3 aromatic rings. The summed E-state index contributed by atoms with van der Waals surface area (Å²) in [5.41, 5.74) is -0.183. The van der Waals surface area contributed by atoms with Crippen LogP contribution in [-0.4, -0.2) is 17.0 Å². The maximum absolute atomic E-state index is 13.4. The SMILES string of the molecule is C#CCN(C(=O)c1ccccc1Cl)c1c(=O)n(C(C)(C)C)cc2ccccc12. The fraction of sp³-hybridized carbons (Fsp3) is 0.217. The molecule has 3 rings (SSSR count). The van der Waals surface area contributed by atoms with Crippen molar-refractivity contribution >= 4 is 34.0 Å². The van der Waals surface area contributed by atoms with Gasteiger partial charge in [0, 0.05) is 22.5 Å². The van der Waals surface area contributed by atoms with Crippen molar-refractivity contribution in [2.45, 2.75) is 26.3 Å². The third kappa shape index (κ3) is 3.54. The zero-order chi connectivity index (χ0) is 20.5. The van der Waals surface area contributed by atoms with Crippen LogP contribution in [0.2, 0.25) is 5.02 Å². The molecular formula is C23H21ClN2O2. The fourth-order valence-corrected chi connectivity index (χ4v) is 3.35. The molecule has 0 bridgehead atoms. The number of aromatic nitrogens is 1. The highest BCUT2D eigenvalue weighted by Crippen LogP contribution is 2.28. The van der Waals surface area contributed by atoms with Gasteiger partial charge in [-0.3, -0.25) is 14.5 Å². The Balaban J connectivity index is 2.34. The van der Waals surface area contributed by atoms with Crippen molar-refractivity contribution in [1.29, 1.82) is 0 Å². The monoisotopic (exact) mass is 392 g/mol. The summed E-state index contributed by atoms with van der Waals surface area (Å²) >= 11 is 6.23. The van der Waals surface area contributed by atoms with Gasteiger partial charge in [0.15, 0.2) is 0 Å². The van der Waals surface area contributed by atoms with Crippen LogP contribution >= 0.6 is 11.6 Å². The van der Waals surface area contributed by atoms with Gasteiger partial charge in [-0.2, -0.15) is 0 Å². The summed E-state index contributed by atoms with van der Waals surface area (Å²) in [5.74, 6) is 2.10. The number of terminal acetylenes is 1. The van der Waals surface area contributed by atoms with Crippen LogP contribution in [0.4, 0.5) is 5.69 Å². The first-order valence-electron chi connectivity index (χ1n) is 8.90. The van der Waals surface area contributed by atoms with Crippen LogP contribution in [0.25, 0.3) is 10.8 Å². The highest BCUT2D eigenvalue weighted by atomic mass is 35.5. The molecule has 0 aliphatic heterocycles. The second-order valence-electron chi connectivity index (χ2n) is 7.49. The van der Waals surface area contributed by atoms with Crippen LogP contribution in [0.3, 0.4) is 0 Å². The van der Waals surface area contributed by atoms with E-state index in [1.54, 1.807) is 28.8 Å². The molecule has 0 aliphatic carbocycles. The van der Waals surface area contributed by atoms with Gasteiger partial charge in [0.25, 0.3) is 11.5 Å². The maximum Gasteiger partial charge on any atom is 0.275 e. The van der Waals surface area contributed by atoms with E-state index in [1.807, 2.05) is 51.2 Å². The van der Waals surface area contributed by atoms with E-state index < -0.39 is 11.4 Å². The number of amides is 1. The minimum Gasteiger partial charge on any atom is -0.308 e. The van der Waals surface area contributed by atoms with E-state index in [4.69, 9.17) is 18.0 Å². The molecule has 142 valence electrons. The third-order valence-electron chi connectivity index (χ3n) is 4.50. The largest absolute Gasteiger partial charge is 0.308 e. The number of carbonyl (C=O) groups excluding carboxylic acids is 1. The molecule has 0 saturated heterocycles. The zero-order valence-electron chi connectivity index (χ0n) is 16.1. The smallest absolute Gasteiger partial charge is 0.275 e. The molecule has 5 heteroatoms. The normalized spacial score (nSPS) is 11.2. The first kappa shape index (κ1) is 19.7. The number of carbonyl (C=O) groups is 1. The molecule has 1 aromatic heterocycles. The van der Waals surface area contributed by atoms with Crippen molar-refractivity contribution in [2.24, 2.45) is 0 Å². The second kappa shape index (κ2) is 7.53. The van der Waals surface area contributed by atoms with Crippen LogP contribution in [0.15, 0.2) is 59.5 Å². The van der Waals surface area contributed by atoms with Crippen molar-refractivity contribution in [3.8, 4) is 12.3 Å². The van der Waals surface area contributed by atoms with Gasteiger partial charge in [0.05, 0.1) is 17.1 Å². The van der Waals surface area contributed by atoms with Gasteiger partial charge >= 0.3 is 0 Å². The Morgan fingerprint density at radius 2 is 1.79 bits per heavy atom. The van der Waals surface area contributed by atoms with Crippen LogP contribution in [-0.2, 0) is 5.54 Å². The van der Waals surface area contributed by atoms with E-state index in [-0.39, 0.29) is 17.8 Å². The number of rotatable bonds is 3. The number of nitrogens with zero attached hydrogens (tertiary/aromatic N) is 2. The predicted octanol–water partition coefficient (Wildman–Crippen LogP) is 4.69. The highest BCUT2D eigenvalue weighted by molar-refractivity contribution is 6.34. The molecule has 0 aliphatic rings. The number of halogens is 1. The summed E-state index contributed by atoms with van der Waals surface area (Å²) in [6, 6.07) is 14.2. The summed E-state index contributed by atoms with van der Waals surface area (Å²) in [6.45, 7) is 5.77. The summed E-state index contributed by atoms with van der Waals surface area (Å²) in [7, 11) is 0. The van der Waals surface area contributed by atoms with Crippen LogP contribution in [0, 0.1) is 12.3 Å². The average molecular weight is 393 g/mol. The average Bonchev–Trinajstić information content (AvgIpc) is 2.65.